The molecule has 0 bridgehead atoms. The molecule has 2 atom stereocenters. The summed E-state index contributed by atoms with van der Waals surface area (Å²) in [4.78, 5) is 11.0. The van der Waals surface area contributed by atoms with E-state index in [4.69, 9.17) is 0 Å². The van der Waals surface area contributed by atoms with Crippen LogP contribution in [0, 0.1) is 5.92 Å². The van der Waals surface area contributed by atoms with Crippen molar-refractivity contribution >= 4 is 27.6 Å². The number of likely N-dealkylation sites (tertiary alicyclic amines) is 1. The molecule has 1 saturated heterocycles. The SMILES string of the molecule is CCCNc1ncnc(NC2CCN(C)CC2C)c1Br. The van der Waals surface area contributed by atoms with E-state index in [0.29, 0.717) is 12.0 Å². The Morgan fingerprint density at radius 3 is 2.85 bits per heavy atom. The molecule has 1 aliphatic rings. The minimum absolute atomic E-state index is 0.469. The van der Waals surface area contributed by atoms with Crippen molar-refractivity contribution in [2.45, 2.75) is 32.7 Å². The second kappa shape index (κ2) is 7.22. The van der Waals surface area contributed by atoms with Crippen molar-refractivity contribution in [3.63, 3.8) is 0 Å². The molecule has 2 heterocycles. The van der Waals surface area contributed by atoms with Crippen LogP contribution in [-0.4, -0.2) is 47.6 Å². The number of hydrogen-bond acceptors (Lipinski definition) is 5. The summed E-state index contributed by atoms with van der Waals surface area (Å²) in [7, 11) is 2.18. The first-order valence-corrected chi connectivity index (χ1v) is 8.10. The Kier molecular flexibility index (Phi) is 5.60. The van der Waals surface area contributed by atoms with E-state index >= 15 is 0 Å². The van der Waals surface area contributed by atoms with E-state index < -0.39 is 0 Å². The molecule has 0 aliphatic carbocycles. The van der Waals surface area contributed by atoms with Gasteiger partial charge in [-0.05, 0) is 48.3 Å². The number of rotatable bonds is 5. The van der Waals surface area contributed by atoms with Crippen molar-refractivity contribution in [1.82, 2.24) is 14.9 Å². The topological polar surface area (TPSA) is 53.1 Å². The number of anilines is 2. The van der Waals surface area contributed by atoms with Crippen molar-refractivity contribution in [2.24, 2.45) is 5.92 Å². The van der Waals surface area contributed by atoms with Crippen molar-refractivity contribution in [1.29, 1.82) is 0 Å². The molecule has 1 aromatic heterocycles. The minimum atomic E-state index is 0.469. The summed E-state index contributed by atoms with van der Waals surface area (Å²) >= 11 is 3.61. The van der Waals surface area contributed by atoms with Gasteiger partial charge in [0.05, 0.1) is 0 Å². The highest BCUT2D eigenvalue weighted by Crippen LogP contribution is 2.29. The van der Waals surface area contributed by atoms with Crippen molar-refractivity contribution in [2.75, 3.05) is 37.3 Å². The molecule has 20 heavy (non-hydrogen) atoms. The molecule has 0 spiro atoms. The van der Waals surface area contributed by atoms with Gasteiger partial charge in [-0.3, -0.25) is 0 Å². The molecule has 2 N–H and O–H groups in total. The average molecular weight is 342 g/mol. The first-order chi connectivity index (χ1) is 9.61. The van der Waals surface area contributed by atoms with Gasteiger partial charge in [0.1, 0.15) is 22.4 Å². The Balaban J connectivity index is 2.05. The summed E-state index contributed by atoms with van der Waals surface area (Å²) in [6.07, 6.45) is 3.84. The molecule has 1 fully saturated rings. The van der Waals surface area contributed by atoms with Gasteiger partial charge in [-0.1, -0.05) is 13.8 Å². The van der Waals surface area contributed by atoms with Crippen LogP contribution >= 0.6 is 15.9 Å². The lowest BCUT2D eigenvalue weighted by molar-refractivity contribution is 0.206. The zero-order valence-corrected chi connectivity index (χ0v) is 14.1. The largest absolute Gasteiger partial charge is 0.369 e. The maximum absolute atomic E-state index is 4.37. The monoisotopic (exact) mass is 341 g/mol. The van der Waals surface area contributed by atoms with Gasteiger partial charge in [0.2, 0.25) is 0 Å². The molecule has 0 saturated carbocycles. The van der Waals surface area contributed by atoms with Gasteiger partial charge in [0, 0.05) is 19.1 Å². The third-order valence-corrected chi connectivity index (χ3v) is 4.51. The van der Waals surface area contributed by atoms with E-state index in [2.05, 4.69) is 62.3 Å². The third-order valence-electron chi connectivity index (χ3n) is 3.76. The van der Waals surface area contributed by atoms with Crippen molar-refractivity contribution < 1.29 is 0 Å². The van der Waals surface area contributed by atoms with E-state index in [-0.39, 0.29) is 0 Å². The van der Waals surface area contributed by atoms with Gasteiger partial charge in [-0.15, -0.1) is 0 Å². The smallest absolute Gasteiger partial charge is 0.146 e. The Bertz CT molecular complexity index is 440. The zero-order chi connectivity index (χ0) is 14.5. The summed E-state index contributed by atoms with van der Waals surface area (Å²) in [5.74, 6) is 2.37. The first-order valence-electron chi connectivity index (χ1n) is 7.31. The highest BCUT2D eigenvalue weighted by molar-refractivity contribution is 9.10. The van der Waals surface area contributed by atoms with Gasteiger partial charge in [-0.2, -0.15) is 0 Å². The minimum Gasteiger partial charge on any atom is -0.369 e. The van der Waals surface area contributed by atoms with E-state index in [9.17, 15) is 0 Å². The normalized spacial score (nSPS) is 23.6. The van der Waals surface area contributed by atoms with Gasteiger partial charge < -0.3 is 15.5 Å². The Morgan fingerprint density at radius 1 is 1.40 bits per heavy atom. The van der Waals surface area contributed by atoms with Crippen LogP contribution in [0.5, 0.6) is 0 Å². The van der Waals surface area contributed by atoms with Crippen LogP contribution in [0.3, 0.4) is 0 Å². The number of aromatic nitrogens is 2. The molecule has 112 valence electrons. The van der Waals surface area contributed by atoms with E-state index in [1.54, 1.807) is 6.33 Å². The average Bonchev–Trinajstić information content (AvgIpc) is 2.42. The predicted molar refractivity (Wildman–Crippen MR) is 87.2 cm³/mol. The standard InChI is InChI=1S/C14H24BrN5/c1-4-6-16-13-12(15)14(18-9-17-13)19-11-5-7-20(3)8-10(11)2/h9-11H,4-8H2,1-3H3,(H2,16,17,18,19). The molecule has 1 aliphatic heterocycles. The molecule has 0 amide bonds. The van der Waals surface area contributed by atoms with Crippen molar-refractivity contribution in [3.8, 4) is 0 Å². The van der Waals surface area contributed by atoms with Gasteiger partial charge in [0.25, 0.3) is 0 Å². The van der Waals surface area contributed by atoms with Crippen LogP contribution in [0.25, 0.3) is 0 Å². The summed E-state index contributed by atoms with van der Waals surface area (Å²) < 4.78 is 0.930. The summed E-state index contributed by atoms with van der Waals surface area (Å²) in [5, 5.41) is 6.88. The fourth-order valence-electron chi connectivity index (χ4n) is 2.58. The van der Waals surface area contributed by atoms with Crippen LogP contribution in [0.2, 0.25) is 0 Å². The first kappa shape index (κ1) is 15.5. The number of nitrogens with zero attached hydrogens (tertiary/aromatic N) is 3. The molecular weight excluding hydrogens is 318 g/mol. The fraction of sp³-hybridized carbons (Fsp3) is 0.714. The summed E-state index contributed by atoms with van der Waals surface area (Å²) in [5.41, 5.74) is 0. The van der Waals surface area contributed by atoms with Crippen LogP contribution in [-0.2, 0) is 0 Å². The molecule has 6 heteroatoms. The van der Waals surface area contributed by atoms with Crippen LogP contribution in [0.1, 0.15) is 26.7 Å². The molecule has 0 aromatic carbocycles. The van der Waals surface area contributed by atoms with Gasteiger partial charge in [-0.25, -0.2) is 9.97 Å². The lowest BCUT2D eigenvalue weighted by atomic mass is 9.94. The van der Waals surface area contributed by atoms with Crippen LogP contribution < -0.4 is 10.6 Å². The fourth-order valence-corrected chi connectivity index (χ4v) is 3.04. The Morgan fingerprint density at radius 2 is 2.15 bits per heavy atom. The highest BCUT2D eigenvalue weighted by Gasteiger charge is 2.25. The molecule has 5 nitrogen and oxygen atoms in total. The number of hydrogen-bond donors (Lipinski definition) is 2. The number of nitrogens with one attached hydrogen (secondary N) is 2. The predicted octanol–water partition coefficient (Wildman–Crippen LogP) is 2.81. The summed E-state index contributed by atoms with van der Waals surface area (Å²) in [6.45, 7) is 7.60. The maximum Gasteiger partial charge on any atom is 0.146 e. The van der Waals surface area contributed by atoms with E-state index in [0.717, 1.165) is 48.6 Å². The number of piperidine rings is 1. The molecule has 0 radical (unpaired) electrons. The maximum atomic E-state index is 4.37. The molecular formula is C14H24BrN5. The highest BCUT2D eigenvalue weighted by atomic mass is 79.9. The van der Waals surface area contributed by atoms with Crippen LogP contribution in [0.4, 0.5) is 11.6 Å². The second-order valence-electron chi connectivity index (χ2n) is 5.59. The quantitative estimate of drug-likeness (QED) is 0.862. The van der Waals surface area contributed by atoms with Gasteiger partial charge in [0.15, 0.2) is 0 Å². The molecule has 2 unspecified atom stereocenters. The van der Waals surface area contributed by atoms with Crippen LogP contribution in [0.15, 0.2) is 10.8 Å². The number of halogens is 1. The Labute approximate surface area is 129 Å². The lowest BCUT2D eigenvalue weighted by Gasteiger charge is -2.35. The second-order valence-corrected chi connectivity index (χ2v) is 6.38. The van der Waals surface area contributed by atoms with Crippen molar-refractivity contribution in [3.05, 3.63) is 10.8 Å². The zero-order valence-electron chi connectivity index (χ0n) is 12.5. The Hall–Kier alpha value is -0.880. The van der Waals surface area contributed by atoms with E-state index in [1.165, 1.54) is 0 Å². The van der Waals surface area contributed by atoms with E-state index in [1.807, 2.05) is 0 Å². The molecule has 2 rings (SSSR count). The van der Waals surface area contributed by atoms with Gasteiger partial charge >= 0.3 is 0 Å². The summed E-state index contributed by atoms with van der Waals surface area (Å²) in [6, 6.07) is 0.469. The lowest BCUT2D eigenvalue weighted by Crippen LogP contribution is -2.43. The third kappa shape index (κ3) is 3.82. The molecule has 1 aromatic rings.